The molecule has 0 bridgehead atoms. The van der Waals surface area contributed by atoms with Gasteiger partial charge in [0.25, 0.3) is 0 Å². The van der Waals surface area contributed by atoms with Crippen molar-refractivity contribution in [2.45, 2.75) is 258 Å². The molecule has 0 spiro atoms. The third kappa shape index (κ3) is 51.4. The predicted molar refractivity (Wildman–Crippen MR) is 279 cm³/mol. The SMILES string of the molecule is CC\C=C/C=C\C=C/C=C\CCCCCC(=O)OCC(COC(=O)CCCCCCCCCCCC/C=C\C=C/CCCCC)OC(=O)CCCCCCCCC/C=C\CCCCCC. The minimum absolute atomic E-state index is 0.0929. The van der Waals surface area contributed by atoms with Gasteiger partial charge in [-0.05, 0) is 89.9 Å². The quantitative estimate of drug-likeness (QED) is 0.0199. The topological polar surface area (TPSA) is 78.9 Å². The van der Waals surface area contributed by atoms with Crippen LogP contribution in [0.25, 0.3) is 0 Å². The van der Waals surface area contributed by atoms with E-state index in [0.717, 1.165) is 70.6 Å². The summed E-state index contributed by atoms with van der Waals surface area (Å²) >= 11 is 0. The van der Waals surface area contributed by atoms with Crippen LogP contribution in [0.2, 0.25) is 0 Å². The lowest BCUT2D eigenvalue weighted by Crippen LogP contribution is -2.30. The Balaban J connectivity index is 4.41. The molecule has 0 saturated carbocycles. The van der Waals surface area contributed by atoms with E-state index >= 15 is 0 Å². The van der Waals surface area contributed by atoms with Crippen molar-refractivity contribution in [2.75, 3.05) is 13.2 Å². The van der Waals surface area contributed by atoms with Gasteiger partial charge in [-0.15, -0.1) is 0 Å². The van der Waals surface area contributed by atoms with Crippen molar-refractivity contribution in [1.82, 2.24) is 0 Å². The molecule has 0 aliphatic carbocycles. The highest BCUT2D eigenvalue weighted by atomic mass is 16.6. The highest BCUT2D eigenvalue weighted by molar-refractivity contribution is 5.71. The standard InChI is InChI=1S/C59H100O6/c1-4-7-10-13-16-19-22-25-27-28-29-30-32-34-37-40-43-46-49-52-58(61)64-55-56(54-63-57(60)51-48-45-42-39-36-33-24-21-18-15-12-9-6-3)65-59(62)53-50-47-44-41-38-35-31-26-23-20-17-14-11-8-5-2/h9,12,15-16,18-25,33,36,56H,4-8,10-11,13-14,17,26-32,34-35,37-55H2,1-3H3/b12-9-,18-15-,19-16-,23-20-,24-21-,25-22-,36-33-. The molecule has 0 rings (SSSR count). The number of hydrogen-bond donors (Lipinski definition) is 0. The number of ether oxygens (including phenoxy) is 3. The second kappa shape index (κ2) is 53.2. The average molecular weight is 905 g/mol. The molecule has 65 heavy (non-hydrogen) atoms. The molecule has 0 heterocycles. The van der Waals surface area contributed by atoms with Crippen LogP contribution < -0.4 is 0 Å². The minimum atomic E-state index is -0.796. The number of carbonyl (C=O) groups is 3. The Labute approximate surface area is 401 Å². The van der Waals surface area contributed by atoms with Gasteiger partial charge in [0.1, 0.15) is 13.2 Å². The molecule has 0 radical (unpaired) electrons. The highest BCUT2D eigenvalue weighted by Gasteiger charge is 2.19. The summed E-state index contributed by atoms with van der Waals surface area (Å²) in [5.74, 6) is -0.939. The number of esters is 3. The van der Waals surface area contributed by atoms with Crippen molar-refractivity contribution in [2.24, 2.45) is 0 Å². The minimum Gasteiger partial charge on any atom is -0.462 e. The van der Waals surface area contributed by atoms with Crippen molar-refractivity contribution in [3.05, 3.63) is 85.1 Å². The third-order valence-corrected chi connectivity index (χ3v) is 11.5. The molecular weight excluding hydrogens is 805 g/mol. The summed E-state index contributed by atoms with van der Waals surface area (Å²) in [4.78, 5) is 38.0. The van der Waals surface area contributed by atoms with Crippen LogP contribution in [0.15, 0.2) is 85.1 Å². The van der Waals surface area contributed by atoms with Crippen LogP contribution in [0.5, 0.6) is 0 Å². The van der Waals surface area contributed by atoms with E-state index in [-0.39, 0.29) is 31.1 Å². The van der Waals surface area contributed by atoms with Gasteiger partial charge in [0.15, 0.2) is 6.10 Å². The number of rotatable bonds is 48. The lowest BCUT2D eigenvalue weighted by atomic mass is 10.1. The van der Waals surface area contributed by atoms with E-state index in [2.05, 4.69) is 75.5 Å². The summed E-state index contributed by atoms with van der Waals surface area (Å²) in [6.45, 7) is 6.42. The van der Waals surface area contributed by atoms with E-state index < -0.39 is 6.10 Å². The average Bonchev–Trinajstić information content (AvgIpc) is 3.30. The molecule has 1 unspecified atom stereocenters. The maximum absolute atomic E-state index is 12.8. The molecule has 6 nitrogen and oxygen atoms in total. The number of allylic oxidation sites excluding steroid dienone is 14. The molecule has 0 aliphatic rings. The molecule has 0 aromatic heterocycles. The molecule has 0 fully saturated rings. The van der Waals surface area contributed by atoms with Gasteiger partial charge in [-0.3, -0.25) is 14.4 Å². The van der Waals surface area contributed by atoms with Crippen molar-refractivity contribution < 1.29 is 28.6 Å². The second-order valence-corrected chi connectivity index (χ2v) is 17.9. The molecular formula is C59H100O6. The summed E-state index contributed by atoms with van der Waals surface area (Å²) < 4.78 is 16.8. The summed E-state index contributed by atoms with van der Waals surface area (Å²) in [7, 11) is 0. The monoisotopic (exact) mass is 905 g/mol. The van der Waals surface area contributed by atoms with E-state index in [4.69, 9.17) is 14.2 Å². The zero-order chi connectivity index (χ0) is 47.2. The Hall–Kier alpha value is -3.41. The van der Waals surface area contributed by atoms with Gasteiger partial charge in [-0.2, -0.15) is 0 Å². The van der Waals surface area contributed by atoms with Crippen LogP contribution in [0.4, 0.5) is 0 Å². The van der Waals surface area contributed by atoms with Gasteiger partial charge in [-0.25, -0.2) is 0 Å². The summed E-state index contributed by atoms with van der Waals surface area (Å²) in [6.07, 6.45) is 68.5. The van der Waals surface area contributed by atoms with Gasteiger partial charge in [-0.1, -0.05) is 228 Å². The Bertz CT molecular complexity index is 1270. The third-order valence-electron chi connectivity index (χ3n) is 11.5. The van der Waals surface area contributed by atoms with Gasteiger partial charge in [0.05, 0.1) is 0 Å². The van der Waals surface area contributed by atoms with Crippen molar-refractivity contribution in [3.63, 3.8) is 0 Å². The lowest BCUT2D eigenvalue weighted by molar-refractivity contribution is -0.167. The smallest absolute Gasteiger partial charge is 0.306 e. The number of unbranched alkanes of at least 4 members (excludes halogenated alkanes) is 27. The van der Waals surface area contributed by atoms with Crippen LogP contribution >= 0.6 is 0 Å². The highest BCUT2D eigenvalue weighted by Crippen LogP contribution is 2.15. The first-order valence-electron chi connectivity index (χ1n) is 27.2. The Morgan fingerprint density at radius 2 is 0.615 bits per heavy atom. The van der Waals surface area contributed by atoms with E-state index in [9.17, 15) is 14.4 Å². The van der Waals surface area contributed by atoms with Gasteiger partial charge >= 0.3 is 17.9 Å². The zero-order valence-electron chi connectivity index (χ0n) is 42.5. The first-order chi connectivity index (χ1) is 32.0. The molecule has 1 atom stereocenters. The van der Waals surface area contributed by atoms with Crippen LogP contribution in [-0.2, 0) is 28.6 Å². The molecule has 0 aromatic rings. The van der Waals surface area contributed by atoms with E-state index in [1.165, 1.54) is 141 Å². The van der Waals surface area contributed by atoms with Gasteiger partial charge < -0.3 is 14.2 Å². The van der Waals surface area contributed by atoms with Crippen LogP contribution in [0.3, 0.4) is 0 Å². The molecule has 0 aliphatic heterocycles. The molecule has 0 aromatic carbocycles. The Morgan fingerprint density at radius 1 is 0.323 bits per heavy atom. The largest absolute Gasteiger partial charge is 0.462 e. The normalized spacial score (nSPS) is 12.7. The lowest BCUT2D eigenvalue weighted by Gasteiger charge is -2.18. The molecule has 0 saturated heterocycles. The van der Waals surface area contributed by atoms with E-state index in [0.29, 0.717) is 19.3 Å². The van der Waals surface area contributed by atoms with Gasteiger partial charge in [0.2, 0.25) is 0 Å². The maximum Gasteiger partial charge on any atom is 0.306 e. The molecule has 0 amide bonds. The summed E-state index contributed by atoms with van der Waals surface area (Å²) in [5.41, 5.74) is 0. The fraction of sp³-hybridized carbons (Fsp3) is 0.712. The van der Waals surface area contributed by atoms with Crippen LogP contribution in [-0.4, -0.2) is 37.2 Å². The first-order valence-corrected chi connectivity index (χ1v) is 27.2. The fourth-order valence-electron chi connectivity index (χ4n) is 7.38. The molecule has 372 valence electrons. The van der Waals surface area contributed by atoms with E-state index in [1.54, 1.807) is 0 Å². The van der Waals surface area contributed by atoms with Gasteiger partial charge in [0, 0.05) is 19.3 Å². The fourth-order valence-corrected chi connectivity index (χ4v) is 7.38. The zero-order valence-corrected chi connectivity index (χ0v) is 42.5. The van der Waals surface area contributed by atoms with Crippen molar-refractivity contribution >= 4 is 17.9 Å². The first kappa shape index (κ1) is 61.6. The number of hydrogen-bond acceptors (Lipinski definition) is 6. The van der Waals surface area contributed by atoms with Crippen LogP contribution in [0, 0.1) is 0 Å². The number of carbonyl (C=O) groups excluding carboxylic acids is 3. The Morgan fingerprint density at radius 3 is 1.05 bits per heavy atom. The summed E-state index contributed by atoms with van der Waals surface area (Å²) in [6, 6.07) is 0. The molecule has 0 N–H and O–H groups in total. The van der Waals surface area contributed by atoms with Crippen LogP contribution in [0.1, 0.15) is 252 Å². The van der Waals surface area contributed by atoms with Crippen molar-refractivity contribution in [1.29, 1.82) is 0 Å². The Kier molecular flexibility index (Phi) is 50.4. The van der Waals surface area contributed by atoms with E-state index in [1.807, 2.05) is 30.4 Å². The molecule has 6 heteroatoms. The maximum atomic E-state index is 12.8. The summed E-state index contributed by atoms with van der Waals surface area (Å²) in [5, 5.41) is 0. The van der Waals surface area contributed by atoms with Crippen molar-refractivity contribution in [3.8, 4) is 0 Å². The second-order valence-electron chi connectivity index (χ2n) is 17.9. The predicted octanol–water partition coefficient (Wildman–Crippen LogP) is 18.0.